The first kappa shape index (κ1) is 21.5. The van der Waals surface area contributed by atoms with Gasteiger partial charge in [-0.25, -0.2) is 19.2 Å². The Morgan fingerprint density at radius 2 is 2.12 bits per heavy atom. The van der Waals surface area contributed by atoms with Crippen LogP contribution in [0.25, 0.3) is 21.5 Å². The smallest absolute Gasteiger partial charge is 0.349 e. The van der Waals surface area contributed by atoms with Gasteiger partial charge in [-0.1, -0.05) is 0 Å². The molecule has 0 aliphatic heterocycles. The van der Waals surface area contributed by atoms with Crippen LogP contribution in [0.1, 0.15) is 16.6 Å². The molecule has 0 aliphatic carbocycles. The zero-order valence-electron chi connectivity index (χ0n) is 17.3. The van der Waals surface area contributed by atoms with Gasteiger partial charge in [0.05, 0.1) is 42.4 Å². The van der Waals surface area contributed by atoms with E-state index in [1.807, 2.05) is 0 Å². The predicted molar refractivity (Wildman–Crippen MR) is 118 cm³/mol. The molecule has 32 heavy (non-hydrogen) atoms. The van der Waals surface area contributed by atoms with E-state index < -0.39 is 5.97 Å². The van der Waals surface area contributed by atoms with Crippen LogP contribution in [0, 0.1) is 5.82 Å². The van der Waals surface area contributed by atoms with Gasteiger partial charge in [0.15, 0.2) is 4.88 Å². The number of rotatable bonds is 9. The van der Waals surface area contributed by atoms with Crippen LogP contribution in [0.4, 0.5) is 10.2 Å². The Labute approximate surface area is 186 Å². The fraction of sp³-hybridized carbons (Fsp3) is 0.238. The number of benzene rings is 1. The van der Waals surface area contributed by atoms with Crippen LogP contribution in [0.5, 0.6) is 11.5 Å². The highest BCUT2D eigenvalue weighted by molar-refractivity contribution is 7.17. The topological polar surface area (TPSA) is 111 Å². The van der Waals surface area contributed by atoms with Gasteiger partial charge in [0.2, 0.25) is 0 Å². The molecule has 0 radical (unpaired) electrons. The van der Waals surface area contributed by atoms with Crippen molar-refractivity contribution in [2.75, 3.05) is 25.6 Å². The third-order valence-corrected chi connectivity index (χ3v) is 5.80. The average molecular weight is 457 g/mol. The molecule has 166 valence electrons. The molecule has 0 fully saturated rings. The summed E-state index contributed by atoms with van der Waals surface area (Å²) in [4.78, 5) is 20.7. The molecule has 0 aliphatic rings. The summed E-state index contributed by atoms with van der Waals surface area (Å²) in [5, 5.41) is 17.4. The maximum absolute atomic E-state index is 14.3. The largest absolute Gasteiger partial charge is 0.496 e. The number of anilines is 1. The van der Waals surface area contributed by atoms with E-state index in [9.17, 15) is 14.3 Å². The number of ether oxygens (including phenoxy) is 2. The standard InChI is InChI=1S/C21H20FN5O4S/c1-3-31-16-9-17(32-20(16)21(28)29)14-8-18(25-11-24-14)23-6-7-27-19-12(10-26-27)15(30-2)5-4-13(19)22/h4-5,8-11H,3,6-7H2,1-2H3,(H,28,29)(H,23,24,25). The Bertz CT molecular complexity index is 1270. The number of carboxylic acid groups (broad SMARTS) is 1. The first-order valence-electron chi connectivity index (χ1n) is 9.76. The van der Waals surface area contributed by atoms with Crippen LogP contribution in [-0.4, -0.2) is 51.1 Å². The summed E-state index contributed by atoms with van der Waals surface area (Å²) < 4.78 is 26.6. The van der Waals surface area contributed by atoms with Gasteiger partial charge >= 0.3 is 5.97 Å². The van der Waals surface area contributed by atoms with Crippen molar-refractivity contribution in [2.45, 2.75) is 13.5 Å². The van der Waals surface area contributed by atoms with E-state index in [0.717, 1.165) is 11.3 Å². The van der Waals surface area contributed by atoms with Gasteiger partial charge in [-0.2, -0.15) is 5.10 Å². The number of thiophene rings is 1. The first-order chi connectivity index (χ1) is 15.5. The minimum absolute atomic E-state index is 0.123. The lowest BCUT2D eigenvalue weighted by Gasteiger charge is -2.08. The summed E-state index contributed by atoms with van der Waals surface area (Å²) in [5.74, 6) is 0.000100. The van der Waals surface area contributed by atoms with Crippen LogP contribution in [-0.2, 0) is 6.54 Å². The van der Waals surface area contributed by atoms with Crippen LogP contribution < -0.4 is 14.8 Å². The summed E-state index contributed by atoms with van der Waals surface area (Å²) in [6.45, 7) is 2.98. The maximum Gasteiger partial charge on any atom is 0.349 e. The van der Waals surface area contributed by atoms with Crippen molar-refractivity contribution in [1.29, 1.82) is 0 Å². The van der Waals surface area contributed by atoms with E-state index in [4.69, 9.17) is 9.47 Å². The average Bonchev–Trinajstić information content (AvgIpc) is 3.40. The quantitative estimate of drug-likeness (QED) is 0.389. The Balaban J connectivity index is 1.50. The highest BCUT2D eigenvalue weighted by Crippen LogP contribution is 2.36. The summed E-state index contributed by atoms with van der Waals surface area (Å²) in [7, 11) is 1.53. The second-order valence-corrected chi connectivity index (χ2v) is 7.69. The molecule has 0 saturated carbocycles. The minimum Gasteiger partial charge on any atom is -0.496 e. The lowest BCUT2D eigenvalue weighted by atomic mass is 10.2. The second kappa shape index (κ2) is 9.18. The monoisotopic (exact) mass is 457 g/mol. The van der Waals surface area contributed by atoms with Crippen molar-refractivity contribution in [3.63, 3.8) is 0 Å². The Morgan fingerprint density at radius 3 is 2.88 bits per heavy atom. The van der Waals surface area contributed by atoms with Crippen molar-refractivity contribution in [3.05, 3.63) is 47.5 Å². The molecule has 3 heterocycles. The molecule has 0 atom stereocenters. The highest BCUT2D eigenvalue weighted by Gasteiger charge is 2.18. The molecule has 0 amide bonds. The van der Waals surface area contributed by atoms with E-state index in [1.54, 1.807) is 36.0 Å². The molecule has 9 nitrogen and oxygen atoms in total. The van der Waals surface area contributed by atoms with Crippen molar-refractivity contribution in [3.8, 4) is 22.1 Å². The van der Waals surface area contributed by atoms with E-state index in [2.05, 4.69) is 20.4 Å². The number of aromatic carboxylic acids is 1. The predicted octanol–water partition coefficient (Wildman–Crippen LogP) is 3.91. The lowest BCUT2D eigenvalue weighted by Crippen LogP contribution is -2.13. The van der Waals surface area contributed by atoms with Crippen molar-refractivity contribution >= 4 is 34.0 Å². The van der Waals surface area contributed by atoms with Crippen molar-refractivity contribution in [1.82, 2.24) is 19.7 Å². The lowest BCUT2D eigenvalue weighted by molar-refractivity contribution is 0.0698. The highest BCUT2D eigenvalue weighted by atomic mass is 32.1. The Hall–Kier alpha value is -3.73. The third-order valence-electron chi connectivity index (χ3n) is 4.67. The van der Waals surface area contributed by atoms with Crippen LogP contribution in [0.15, 0.2) is 36.8 Å². The van der Waals surface area contributed by atoms with Crippen LogP contribution in [0.2, 0.25) is 0 Å². The number of nitrogens with one attached hydrogen (secondary N) is 1. The number of nitrogens with zero attached hydrogens (tertiary/aromatic N) is 4. The molecule has 0 bridgehead atoms. The molecular formula is C21H20FN5O4S. The number of hydrogen-bond acceptors (Lipinski definition) is 8. The SMILES string of the molecule is CCOc1cc(-c2cc(NCCn3ncc4c(OC)ccc(F)c43)ncn2)sc1C(=O)O. The Morgan fingerprint density at radius 1 is 1.28 bits per heavy atom. The third kappa shape index (κ3) is 4.19. The number of aromatic nitrogens is 4. The fourth-order valence-corrected chi connectivity index (χ4v) is 4.18. The van der Waals surface area contributed by atoms with Gasteiger partial charge in [0.25, 0.3) is 0 Å². The van der Waals surface area contributed by atoms with Gasteiger partial charge in [0.1, 0.15) is 35.0 Å². The van der Waals surface area contributed by atoms with E-state index in [0.29, 0.717) is 58.5 Å². The van der Waals surface area contributed by atoms with Crippen LogP contribution >= 0.6 is 11.3 Å². The van der Waals surface area contributed by atoms with Crippen LogP contribution in [0.3, 0.4) is 0 Å². The number of carbonyl (C=O) groups is 1. The Kier molecular flexibility index (Phi) is 6.17. The number of carboxylic acids is 1. The zero-order valence-corrected chi connectivity index (χ0v) is 18.1. The van der Waals surface area contributed by atoms with E-state index >= 15 is 0 Å². The molecule has 0 saturated heterocycles. The van der Waals surface area contributed by atoms with Gasteiger partial charge < -0.3 is 19.9 Å². The summed E-state index contributed by atoms with van der Waals surface area (Å²) >= 11 is 1.09. The normalized spacial score (nSPS) is 11.0. The van der Waals surface area contributed by atoms with E-state index in [-0.39, 0.29) is 10.7 Å². The molecule has 3 aromatic heterocycles. The second-order valence-electron chi connectivity index (χ2n) is 6.64. The van der Waals surface area contributed by atoms with Gasteiger partial charge in [0, 0.05) is 18.7 Å². The minimum atomic E-state index is -1.05. The van der Waals surface area contributed by atoms with Gasteiger partial charge in [-0.05, 0) is 19.1 Å². The zero-order chi connectivity index (χ0) is 22.7. The van der Waals surface area contributed by atoms with Crippen molar-refractivity contribution in [2.24, 2.45) is 0 Å². The first-order valence-corrected chi connectivity index (χ1v) is 10.6. The maximum atomic E-state index is 14.3. The number of halogens is 1. The molecule has 1 aromatic carbocycles. The fourth-order valence-electron chi connectivity index (χ4n) is 3.27. The number of fused-ring (bicyclic) bond motifs is 1. The summed E-state index contributed by atoms with van der Waals surface area (Å²) in [6, 6.07) is 6.31. The van der Waals surface area contributed by atoms with Gasteiger partial charge in [-0.15, -0.1) is 11.3 Å². The molecule has 4 rings (SSSR count). The van der Waals surface area contributed by atoms with Crippen molar-refractivity contribution < 1.29 is 23.8 Å². The molecule has 0 spiro atoms. The number of hydrogen-bond donors (Lipinski definition) is 2. The molecule has 0 unspecified atom stereocenters. The summed E-state index contributed by atoms with van der Waals surface area (Å²) in [5.41, 5.74) is 0.944. The molecule has 2 N–H and O–H groups in total. The van der Waals surface area contributed by atoms with E-state index in [1.165, 1.54) is 19.5 Å². The number of methoxy groups -OCH3 is 1. The molecular weight excluding hydrogens is 437 g/mol. The molecule has 11 heteroatoms. The summed E-state index contributed by atoms with van der Waals surface area (Å²) in [6.07, 6.45) is 2.97. The van der Waals surface area contributed by atoms with Gasteiger partial charge in [-0.3, -0.25) is 4.68 Å². The molecule has 4 aromatic rings.